The number of hydrogen-bond acceptors (Lipinski definition) is 1. The molecule has 3 aliphatic rings. The number of nitrogens with zero attached hydrogens (tertiary/aromatic N) is 1. The van der Waals surface area contributed by atoms with Gasteiger partial charge in [-0.3, -0.25) is 0 Å². The van der Waals surface area contributed by atoms with Gasteiger partial charge in [0.25, 0.3) is 0 Å². The summed E-state index contributed by atoms with van der Waals surface area (Å²) in [4.78, 5) is 2.52. The standard InChI is InChI=1S/C54H45N/c1-53(2)48-27-15-12-24-43(48)45-32-30-37(34-50(45)53)55(38-31-33-46-44-25-13-16-28-49(44)54(3,4)51(46)35-38)52-29-17-14-26-47(52)42-23-11-10-22-41(42)40-21-9-8-20-39(40)36-18-6-5-7-19-36/h5-12,14-15,17-35H,13,16H2,1-4H3. The third-order valence-corrected chi connectivity index (χ3v) is 12.5. The van der Waals surface area contributed by atoms with Crippen molar-refractivity contribution in [2.45, 2.75) is 51.4 Å². The molecule has 0 saturated carbocycles. The van der Waals surface area contributed by atoms with E-state index in [1.807, 2.05) is 0 Å². The van der Waals surface area contributed by atoms with Crippen molar-refractivity contribution in [3.05, 3.63) is 204 Å². The lowest BCUT2D eigenvalue weighted by atomic mass is 9.80. The van der Waals surface area contributed by atoms with Crippen LogP contribution < -0.4 is 4.90 Å². The summed E-state index contributed by atoms with van der Waals surface area (Å²) >= 11 is 0. The average Bonchev–Trinajstić information content (AvgIpc) is 3.60. The number of allylic oxidation sites excluding steroid dienone is 4. The Hall–Kier alpha value is -6.18. The van der Waals surface area contributed by atoms with E-state index in [1.54, 1.807) is 0 Å². The molecule has 0 radical (unpaired) electrons. The number of rotatable bonds is 6. The summed E-state index contributed by atoms with van der Waals surface area (Å²) in [6.07, 6.45) is 7.16. The van der Waals surface area contributed by atoms with E-state index in [-0.39, 0.29) is 10.8 Å². The van der Waals surface area contributed by atoms with E-state index < -0.39 is 0 Å². The quantitative estimate of drug-likeness (QED) is 0.166. The molecule has 55 heavy (non-hydrogen) atoms. The Morgan fingerprint density at radius 3 is 1.58 bits per heavy atom. The predicted molar refractivity (Wildman–Crippen MR) is 233 cm³/mol. The van der Waals surface area contributed by atoms with E-state index in [4.69, 9.17) is 0 Å². The van der Waals surface area contributed by atoms with Crippen LogP contribution in [0.15, 0.2) is 182 Å². The van der Waals surface area contributed by atoms with Gasteiger partial charge in [0, 0.05) is 27.8 Å². The molecule has 0 amide bonds. The Bertz CT molecular complexity index is 2700. The molecule has 7 aromatic carbocycles. The number of anilines is 3. The molecular formula is C54H45N. The van der Waals surface area contributed by atoms with Crippen molar-refractivity contribution < 1.29 is 0 Å². The third-order valence-electron chi connectivity index (χ3n) is 12.5. The fourth-order valence-electron chi connectivity index (χ4n) is 9.79. The maximum absolute atomic E-state index is 2.52. The molecule has 0 atom stereocenters. The molecule has 1 heteroatoms. The molecule has 7 aromatic rings. The Morgan fingerprint density at radius 1 is 0.382 bits per heavy atom. The molecule has 1 nitrogen and oxygen atoms in total. The first-order valence-corrected chi connectivity index (χ1v) is 19.8. The van der Waals surface area contributed by atoms with Crippen LogP contribution in [-0.2, 0) is 10.8 Å². The van der Waals surface area contributed by atoms with Gasteiger partial charge in [-0.1, -0.05) is 173 Å². The highest BCUT2D eigenvalue weighted by Crippen LogP contribution is 2.55. The summed E-state index contributed by atoms with van der Waals surface area (Å²) in [6.45, 7) is 9.56. The minimum Gasteiger partial charge on any atom is -0.310 e. The zero-order valence-electron chi connectivity index (χ0n) is 32.1. The minimum atomic E-state index is -0.116. The van der Waals surface area contributed by atoms with Crippen LogP contribution >= 0.6 is 0 Å². The Balaban J connectivity index is 1.20. The minimum absolute atomic E-state index is 0.0713. The van der Waals surface area contributed by atoms with E-state index in [9.17, 15) is 0 Å². The first-order valence-electron chi connectivity index (χ1n) is 19.8. The van der Waals surface area contributed by atoms with Crippen LogP contribution in [0.25, 0.3) is 50.1 Å². The predicted octanol–water partition coefficient (Wildman–Crippen LogP) is 14.9. The van der Waals surface area contributed by atoms with Crippen molar-refractivity contribution >= 4 is 22.6 Å². The van der Waals surface area contributed by atoms with Crippen LogP contribution in [0.4, 0.5) is 17.1 Å². The zero-order valence-corrected chi connectivity index (χ0v) is 32.1. The molecule has 0 aromatic heterocycles. The Morgan fingerprint density at radius 2 is 0.873 bits per heavy atom. The Labute approximate surface area is 326 Å². The number of benzene rings is 7. The van der Waals surface area contributed by atoms with Gasteiger partial charge in [0.2, 0.25) is 0 Å². The lowest BCUT2D eigenvalue weighted by molar-refractivity contribution is 0.654. The van der Waals surface area contributed by atoms with Crippen LogP contribution in [0.5, 0.6) is 0 Å². The van der Waals surface area contributed by atoms with Crippen molar-refractivity contribution in [2.24, 2.45) is 0 Å². The molecule has 10 rings (SSSR count). The van der Waals surface area contributed by atoms with Gasteiger partial charge in [-0.25, -0.2) is 0 Å². The van der Waals surface area contributed by atoms with Crippen LogP contribution in [-0.4, -0.2) is 0 Å². The third kappa shape index (κ3) is 5.21. The maximum atomic E-state index is 2.52. The largest absolute Gasteiger partial charge is 0.310 e. The van der Waals surface area contributed by atoms with Crippen molar-refractivity contribution in [1.29, 1.82) is 0 Å². The maximum Gasteiger partial charge on any atom is 0.0540 e. The molecule has 0 spiro atoms. The number of para-hydroxylation sites is 1. The van der Waals surface area contributed by atoms with E-state index in [1.165, 1.54) is 89.3 Å². The topological polar surface area (TPSA) is 3.24 Å². The molecule has 0 fully saturated rings. The highest BCUT2D eigenvalue weighted by atomic mass is 15.1. The summed E-state index contributed by atoms with van der Waals surface area (Å²) < 4.78 is 0. The lowest BCUT2D eigenvalue weighted by Crippen LogP contribution is -2.18. The summed E-state index contributed by atoms with van der Waals surface area (Å²) in [5.74, 6) is 0. The van der Waals surface area contributed by atoms with Gasteiger partial charge in [0.1, 0.15) is 0 Å². The molecule has 0 unspecified atom stereocenters. The van der Waals surface area contributed by atoms with Crippen LogP contribution in [0, 0.1) is 0 Å². The van der Waals surface area contributed by atoms with Crippen molar-refractivity contribution in [3.63, 3.8) is 0 Å². The van der Waals surface area contributed by atoms with Gasteiger partial charge < -0.3 is 4.90 Å². The summed E-state index contributed by atoms with van der Waals surface area (Å²) in [5.41, 5.74) is 21.7. The van der Waals surface area contributed by atoms with Gasteiger partial charge in [0.15, 0.2) is 0 Å². The number of hydrogen-bond donors (Lipinski definition) is 0. The fraction of sp³-hybridized carbons (Fsp3) is 0.148. The molecule has 0 saturated heterocycles. The van der Waals surface area contributed by atoms with Crippen LogP contribution in [0.3, 0.4) is 0 Å². The summed E-state index contributed by atoms with van der Waals surface area (Å²) in [5, 5.41) is 0. The second-order valence-corrected chi connectivity index (χ2v) is 16.4. The molecule has 0 bridgehead atoms. The molecule has 3 aliphatic carbocycles. The monoisotopic (exact) mass is 707 g/mol. The smallest absolute Gasteiger partial charge is 0.0540 e. The van der Waals surface area contributed by atoms with E-state index >= 15 is 0 Å². The second-order valence-electron chi connectivity index (χ2n) is 16.4. The van der Waals surface area contributed by atoms with Gasteiger partial charge in [-0.15, -0.1) is 0 Å². The van der Waals surface area contributed by atoms with Crippen molar-refractivity contribution in [2.75, 3.05) is 4.90 Å². The van der Waals surface area contributed by atoms with Gasteiger partial charge in [-0.2, -0.15) is 0 Å². The summed E-state index contributed by atoms with van der Waals surface area (Å²) in [6, 6.07) is 60.9. The normalized spacial score (nSPS) is 15.6. The van der Waals surface area contributed by atoms with Crippen molar-refractivity contribution in [3.8, 4) is 44.5 Å². The second kappa shape index (κ2) is 12.7. The van der Waals surface area contributed by atoms with E-state index in [2.05, 4.69) is 209 Å². The van der Waals surface area contributed by atoms with Crippen molar-refractivity contribution in [1.82, 2.24) is 0 Å². The van der Waals surface area contributed by atoms with Gasteiger partial charge >= 0.3 is 0 Å². The van der Waals surface area contributed by atoms with Crippen LogP contribution in [0.2, 0.25) is 0 Å². The van der Waals surface area contributed by atoms with Gasteiger partial charge in [-0.05, 0) is 116 Å². The summed E-state index contributed by atoms with van der Waals surface area (Å²) in [7, 11) is 0. The first-order chi connectivity index (χ1) is 26.8. The molecule has 266 valence electrons. The zero-order chi connectivity index (χ0) is 37.3. The SMILES string of the molecule is CC1(C)C2=CCCC=C2c2ccc(N(c3ccc4c(c3)C(C)(C)c3ccccc3-4)c3ccccc3-c3ccccc3-c3ccccc3-c3ccccc3)cc21. The van der Waals surface area contributed by atoms with Crippen LogP contribution in [0.1, 0.15) is 62.8 Å². The number of fused-ring (bicyclic) bond motifs is 6. The van der Waals surface area contributed by atoms with E-state index in [0.29, 0.717) is 0 Å². The highest BCUT2D eigenvalue weighted by Gasteiger charge is 2.40. The highest BCUT2D eigenvalue weighted by molar-refractivity contribution is 5.98. The fourth-order valence-corrected chi connectivity index (χ4v) is 9.79. The first kappa shape index (κ1) is 33.4. The van der Waals surface area contributed by atoms with E-state index in [0.717, 1.165) is 18.5 Å². The Kier molecular flexibility index (Phi) is 7.72. The molecule has 0 N–H and O–H groups in total. The lowest BCUT2D eigenvalue weighted by Gasteiger charge is -2.31. The average molecular weight is 708 g/mol. The molecular weight excluding hydrogens is 663 g/mol. The molecule has 0 heterocycles. The van der Waals surface area contributed by atoms with Gasteiger partial charge in [0.05, 0.1) is 5.69 Å². The molecule has 0 aliphatic heterocycles.